The molecule has 3 rings (SSSR count). The van der Waals surface area contributed by atoms with Gasteiger partial charge in [-0.2, -0.15) is 0 Å². The van der Waals surface area contributed by atoms with Crippen molar-refractivity contribution in [2.24, 2.45) is 5.73 Å². The topological polar surface area (TPSA) is 82.0 Å². The van der Waals surface area contributed by atoms with Gasteiger partial charge in [-0.25, -0.2) is 4.98 Å². The van der Waals surface area contributed by atoms with E-state index >= 15 is 0 Å². The Morgan fingerprint density at radius 1 is 1.22 bits per heavy atom. The van der Waals surface area contributed by atoms with Gasteiger partial charge in [0.25, 0.3) is 0 Å². The molecule has 2 aromatic heterocycles. The largest absolute Gasteiger partial charge is 0.434 e. The van der Waals surface area contributed by atoms with Crippen molar-refractivity contribution in [3.8, 4) is 11.5 Å². The fourth-order valence-corrected chi connectivity index (χ4v) is 1.78. The van der Waals surface area contributed by atoms with Gasteiger partial charge in [-0.1, -0.05) is 12.1 Å². The summed E-state index contributed by atoms with van der Waals surface area (Å²) in [5.41, 5.74) is 7.57. The molecule has 0 spiro atoms. The minimum Gasteiger partial charge on any atom is -0.434 e. The van der Waals surface area contributed by atoms with Crippen LogP contribution in [0, 0.1) is 0 Å². The van der Waals surface area contributed by atoms with Gasteiger partial charge < -0.3 is 10.2 Å². The first kappa shape index (κ1) is 10.5. The monoisotopic (exact) mass is 239 g/mol. The van der Waals surface area contributed by atoms with E-state index in [4.69, 9.17) is 10.2 Å². The van der Waals surface area contributed by atoms with Crippen LogP contribution < -0.4 is 5.73 Å². The first-order chi connectivity index (χ1) is 8.75. The molecule has 0 aliphatic heterocycles. The number of amides is 1. The molecular formula is C13H9N3O2. The van der Waals surface area contributed by atoms with Gasteiger partial charge in [-0.15, -0.1) is 0 Å². The maximum atomic E-state index is 11.4. The van der Waals surface area contributed by atoms with E-state index in [1.807, 2.05) is 0 Å². The molecule has 1 aromatic carbocycles. The van der Waals surface area contributed by atoms with E-state index in [1.165, 1.54) is 0 Å². The molecule has 0 aliphatic carbocycles. The summed E-state index contributed by atoms with van der Waals surface area (Å²) in [7, 11) is 0. The van der Waals surface area contributed by atoms with E-state index in [9.17, 15) is 4.79 Å². The van der Waals surface area contributed by atoms with Gasteiger partial charge in [0.2, 0.25) is 11.8 Å². The highest BCUT2D eigenvalue weighted by atomic mass is 16.3. The third kappa shape index (κ3) is 1.62. The van der Waals surface area contributed by atoms with Crippen molar-refractivity contribution in [2.45, 2.75) is 0 Å². The van der Waals surface area contributed by atoms with E-state index < -0.39 is 5.91 Å². The molecule has 18 heavy (non-hydrogen) atoms. The molecule has 1 amide bonds. The van der Waals surface area contributed by atoms with E-state index in [0.717, 1.165) is 0 Å². The Bertz CT molecular complexity index is 701. The van der Waals surface area contributed by atoms with E-state index in [1.54, 1.807) is 42.7 Å². The predicted molar refractivity (Wildman–Crippen MR) is 65.8 cm³/mol. The van der Waals surface area contributed by atoms with Crippen LogP contribution in [0.3, 0.4) is 0 Å². The summed E-state index contributed by atoms with van der Waals surface area (Å²) in [4.78, 5) is 19.6. The van der Waals surface area contributed by atoms with Crippen LogP contribution in [0.15, 0.2) is 47.1 Å². The molecule has 0 unspecified atom stereocenters. The van der Waals surface area contributed by atoms with Crippen molar-refractivity contribution in [2.75, 3.05) is 0 Å². The average Bonchev–Trinajstić information content (AvgIpc) is 2.82. The maximum absolute atomic E-state index is 11.4. The number of aromatic nitrogens is 2. The van der Waals surface area contributed by atoms with E-state index in [2.05, 4.69) is 9.97 Å². The normalized spacial score (nSPS) is 10.7. The first-order valence-corrected chi connectivity index (χ1v) is 5.35. The Kier molecular flexibility index (Phi) is 2.30. The summed E-state index contributed by atoms with van der Waals surface area (Å²) in [6.07, 6.45) is 3.22. The lowest BCUT2D eigenvalue weighted by molar-refractivity contribution is 0.100. The minimum absolute atomic E-state index is 0.368. The predicted octanol–water partition coefficient (Wildman–Crippen LogP) is 1.99. The minimum atomic E-state index is -0.508. The van der Waals surface area contributed by atoms with E-state index in [0.29, 0.717) is 28.1 Å². The summed E-state index contributed by atoms with van der Waals surface area (Å²) in [6.45, 7) is 0. The quantitative estimate of drug-likeness (QED) is 0.741. The molecule has 88 valence electrons. The molecule has 0 aliphatic rings. The molecule has 0 bridgehead atoms. The number of carbonyl (C=O) groups excluding carboxylic acids is 1. The van der Waals surface area contributed by atoms with Gasteiger partial charge in [0, 0.05) is 11.8 Å². The highest BCUT2D eigenvalue weighted by Crippen LogP contribution is 2.26. The Balaban J connectivity index is 2.23. The van der Waals surface area contributed by atoms with Gasteiger partial charge in [-0.05, 0) is 18.2 Å². The molecular weight excluding hydrogens is 230 g/mol. The van der Waals surface area contributed by atoms with Crippen LogP contribution in [0.1, 0.15) is 10.4 Å². The molecule has 0 radical (unpaired) electrons. The molecule has 2 N–H and O–H groups in total. The number of rotatable bonds is 2. The van der Waals surface area contributed by atoms with Crippen molar-refractivity contribution in [1.82, 2.24) is 9.97 Å². The van der Waals surface area contributed by atoms with Crippen LogP contribution in [0.4, 0.5) is 0 Å². The second-order valence-electron chi connectivity index (χ2n) is 3.77. The number of carbonyl (C=O) groups is 1. The molecule has 3 aromatic rings. The first-order valence-electron chi connectivity index (χ1n) is 5.35. The Hall–Kier alpha value is -2.69. The number of hydrogen-bond donors (Lipinski definition) is 1. The third-order valence-electron chi connectivity index (χ3n) is 2.61. The fourth-order valence-electron chi connectivity index (χ4n) is 1.78. The van der Waals surface area contributed by atoms with Crippen LogP contribution in [0.2, 0.25) is 0 Å². The second-order valence-corrected chi connectivity index (χ2v) is 3.77. The number of nitrogens with zero attached hydrogens (tertiary/aromatic N) is 2. The zero-order valence-electron chi connectivity index (χ0n) is 9.33. The molecule has 0 fully saturated rings. The van der Waals surface area contributed by atoms with Crippen molar-refractivity contribution in [3.05, 3.63) is 48.3 Å². The average molecular weight is 239 g/mol. The number of pyridine rings is 1. The summed E-state index contributed by atoms with van der Waals surface area (Å²) in [5, 5.41) is 0. The number of nitrogens with two attached hydrogens (primary N) is 1. The fraction of sp³-hybridized carbons (Fsp3) is 0. The van der Waals surface area contributed by atoms with Gasteiger partial charge in [0.05, 0.1) is 11.8 Å². The number of fused-ring (bicyclic) bond motifs is 1. The SMILES string of the molecule is NC(=O)c1ccccc1-c1nc2ccncc2o1. The van der Waals surface area contributed by atoms with Gasteiger partial charge >= 0.3 is 0 Å². The summed E-state index contributed by atoms with van der Waals surface area (Å²) >= 11 is 0. The zero-order valence-corrected chi connectivity index (χ0v) is 9.33. The Morgan fingerprint density at radius 3 is 2.83 bits per heavy atom. The molecule has 5 heteroatoms. The van der Waals surface area contributed by atoms with Crippen LogP contribution in [0.25, 0.3) is 22.6 Å². The van der Waals surface area contributed by atoms with Gasteiger partial charge in [0.15, 0.2) is 5.58 Å². The number of benzene rings is 1. The molecule has 5 nitrogen and oxygen atoms in total. The van der Waals surface area contributed by atoms with E-state index in [-0.39, 0.29) is 0 Å². The maximum Gasteiger partial charge on any atom is 0.249 e. The van der Waals surface area contributed by atoms with Crippen LogP contribution in [0.5, 0.6) is 0 Å². The van der Waals surface area contributed by atoms with Gasteiger partial charge in [-0.3, -0.25) is 9.78 Å². The number of oxazole rings is 1. The smallest absolute Gasteiger partial charge is 0.249 e. The third-order valence-corrected chi connectivity index (χ3v) is 2.61. The van der Waals surface area contributed by atoms with Crippen LogP contribution in [-0.4, -0.2) is 15.9 Å². The zero-order chi connectivity index (χ0) is 12.5. The van der Waals surface area contributed by atoms with Crippen molar-refractivity contribution >= 4 is 17.0 Å². The molecule has 0 atom stereocenters. The molecule has 0 saturated carbocycles. The molecule has 0 saturated heterocycles. The lowest BCUT2D eigenvalue weighted by Crippen LogP contribution is -2.12. The number of hydrogen-bond acceptors (Lipinski definition) is 4. The summed E-state index contributed by atoms with van der Waals surface area (Å²) in [5.74, 6) is -0.140. The van der Waals surface area contributed by atoms with Crippen molar-refractivity contribution < 1.29 is 9.21 Å². The van der Waals surface area contributed by atoms with Crippen molar-refractivity contribution in [3.63, 3.8) is 0 Å². The highest BCUT2D eigenvalue weighted by molar-refractivity contribution is 5.99. The van der Waals surface area contributed by atoms with Gasteiger partial charge in [0.1, 0.15) is 5.52 Å². The lowest BCUT2D eigenvalue weighted by Gasteiger charge is -2.01. The van der Waals surface area contributed by atoms with Crippen molar-refractivity contribution in [1.29, 1.82) is 0 Å². The Labute approximate surface area is 102 Å². The Morgan fingerprint density at radius 2 is 2.06 bits per heavy atom. The van der Waals surface area contributed by atoms with Crippen LogP contribution in [-0.2, 0) is 0 Å². The summed E-state index contributed by atoms with van der Waals surface area (Å²) in [6, 6.07) is 8.68. The second kappa shape index (κ2) is 3.96. The number of primary amides is 1. The molecule has 2 heterocycles. The van der Waals surface area contributed by atoms with Crippen LogP contribution >= 0.6 is 0 Å². The summed E-state index contributed by atoms with van der Waals surface area (Å²) < 4.78 is 5.56. The standard InChI is InChI=1S/C13H9N3O2/c14-12(17)8-3-1-2-4-9(8)13-16-10-5-6-15-7-11(10)18-13/h1-7H,(H2,14,17). The lowest BCUT2D eigenvalue weighted by atomic mass is 10.1. The highest BCUT2D eigenvalue weighted by Gasteiger charge is 2.14.